The van der Waals surface area contributed by atoms with Gasteiger partial charge in [-0.25, -0.2) is 14.4 Å². The van der Waals surface area contributed by atoms with Crippen molar-refractivity contribution in [2.24, 2.45) is 5.92 Å². The van der Waals surface area contributed by atoms with Crippen molar-refractivity contribution in [1.29, 1.82) is 0 Å². The summed E-state index contributed by atoms with van der Waals surface area (Å²) in [6.07, 6.45) is -0.996. The van der Waals surface area contributed by atoms with Gasteiger partial charge in [0.25, 0.3) is 5.91 Å². The summed E-state index contributed by atoms with van der Waals surface area (Å²) in [6.45, 7) is 0. The number of hydroxylamine groups is 1. The van der Waals surface area contributed by atoms with Gasteiger partial charge in [0.05, 0.1) is 17.4 Å². The van der Waals surface area contributed by atoms with Crippen molar-refractivity contribution in [2.75, 3.05) is 9.96 Å². The molecule has 0 saturated carbocycles. The fourth-order valence-corrected chi connectivity index (χ4v) is 4.34. The Kier molecular flexibility index (Phi) is 4.53. The number of rotatable bonds is 3. The molecule has 0 radical (unpaired) electrons. The Bertz CT molecular complexity index is 1120. The van der Waals surface area contributed by atoms with Gasteiger partial charge >= 0.3 is 0 Å². The fraction of sp³-hybridized carbons (Fsp3) is 0.130. The monoisotopic (exact) mass is 422 g/mol. The van der Waals surface area contributed by atoms with Crippen molar-refractivity contribution < 1.29 is 18.8 Å². The van der Waals surface area contributed by atoms with E-state index in [9.17, 15) is 14.0 Å². The minimum atomic E-state index is -0.996. The van der Waals surface area contributed by atoms with Crippen LogP contribution < -0.4 is 9.96 Å². The average Bonchev–Trinajstić information content (AvgIpc) is 3.26. The Labute approximate surface area is 177 Å². The van der Waals surface area contributed by atoms with Gasteiger partial charge in [-0.2, -0.15) is 0 Å². The lowest BCUT2D eigenvalue weighted by Crippen LogP contribution is -2.37. The number of hydrogen-bond donors (Lipinski definition) is 0. The maximum Gasteiger partial charge on any atom is 0.266 e. The van der Waals surface area contributed by atoms with Gasteiger partial charge in [-0.05, 0) is 48.0 Å². The number of amides is 2. The molecule has 0 bridgehead atoms. The molecule has 3 atom stereocenters. The maximum absolute atomic E-state index is 13.4. The SMILES string of the molecule is O=C1[C@@H]2[C@@H](ON(c3ccccc3)[C@H]2c2ccccc2Cl)C(=O)N1c1ccc(F)cc1. The first-order valence-corrected chi connectivity index (χ1v) is 9.83. The minimum absolute atomic E-state index is 0.313. The highest BCUT2D eigenvalue weighted by Crippen LogP contribution is 2.48. The van der Waals surface area contributed by atoms with Crippen molar-refractivity contribution in [2.45, 2.75) is 12.1 Å². The Balaban J connectivity index is 1.60. The minimum Gasteiger partial charge on any atom is -0.273 e. The average molecular weight is 423 g/mol. The maximum atomic E-state index is 13.4. The number of benzene rings is 3. The first kappa shape index (κ1) is 18.8. The van der Waals surface area contributed by atoms with Gasteiger partial charge in [-0.15, -0.1) is 0 Å². The summed E-state index contributed by atoms with van der Waals surface area (Å²) in [4.78, 5) is 33.7. The van der Waals surface area contributed by atoms with Crippen LogP contribution in [0.2, 0.25) is 5.02 Å². The summed E-state index contributed by atoms with van der Waals surface area (Å²) >= 11 is 6.47. The fourth-order valence-electron chi connectivity index (χ4n) is 4.09. The molecule has 3 aromatic rings. The summed E-state index contributed by atoms with van der Waals surface area (Å²) in [5.74, 6) is -2.12. The van der Waals surface area contributed by atoms with Gasteiger partial charge in [0.1, 0.15) is 11.7 Å². The second kappa shape index (κ2) is 7.23. The molecule has 5 nitrogen and oxygen atoms in total. The predicted octanol–water partition coefficient (Wildman–Crippen LogP) is 4.53. The van der Waals surface area contributed by atoms with Gasteiger partial charge < -0.3 is 0 Å². The van der Waals surface area contributed by atoms with Crippen LogP contribution in [0.25, 0.3) is 0 Å². The Morgan fingerprint density at radius 2 is 1.47 bits per heavy atom. The Morgan fingerprint density at radius 1 is 0.800 bits per heavy atom. The number of hydrogen-bond acceptors (Lipinski definition) is 4. The summed E-state index contributed by atoms with van der Waals surface area (Å²) in [5, 5.41) is 2.07. The zero-order valence-electron chi connectivity index (χ0n) is 15.6. The normalized spacial score (nSPS) is 23.2. The topological polar surface area (TPSA) is 49.9 Å². The highest BCUT2D eigenvalue weighted by atomic mass is 35.5. The van der Waals surface area contributed by atoms with Gasteiger partial charge in [-0.3, -0.25) is 14.4 Å². The smallest absolute Gasteiger partial charge is 0.266 e. The highest BCUT2D eigenvalue weighted by molar-refractivity contribution is 6.31. The number of para-hydroxylation sites is 1. The van der Waals surface area contributed by atoms with E-state index in [0.29, 0.717) is 22.0 Å². The highest BCUT2D eigenvalue weighted by Gasteiger charge is 2.60. The van der Waals surface area contributed by atoms with Gasteiger partial charge in [0, 0.05) is 5.02 Å². The molecule has 0 N–H and O–H groups in total. The zero-order chi connectivity index (χ0) is 20.8. The Morgan fingerprint density at radius 3 is 2.17 bits per heavy atom. The molecule has 2 aliphatic heterocycles. The van der Waals surface area contributed by atoms with E-state index >= 15 is 0 Å². The molecule has 2 fully saturated rings. The molecule has 0 aliphatic carbocycles. The molecule has 2 heterocycles. The van der Waals surface area contributed by atoms with Gasteiger partial charge in [0.15, 0.2) is 6.10 Å². The first-order chi connectivity index (χ1) is 14.6. The lowest BCUT2D eigenvalue weighted by molar-refractivity contribution is -0.126. The van der Waals surface area contributed by atoms with Crippen molar-refractivity contribution in [3.05, 3.63) is 95.3 Å². The molecule has 5 rings (SSSR count). The number of anilines is 2. The number of halogens is 2. The molecule has 3 aromatic carbocycles. The van der Waals surface area contributed by atoms with Crippen LogP contribution in [-0.4, -0.2) is 17.9 Å². The van der Waals surface area contributed by atoms with Crippen LogP contribution in [0.15, 0.2) is 78.9 Å². The molecule has 2 aliphatic rings. The van der Waals surface area contributed by atoms with E-state index in [0.717, 1.165) is 4.90 Å². The van der Waals surface area contributed by atoms with Crippen LogP contribution in [0.4, 0.5) is 15.8 Å². The molecule has 7 heteroatoms. The van der Waals surface area contributed by atoms with Crippen LogP contribution >= 0.6 is 11.6 Å². The van der Waals surface area contributed by atoms with Crippen molar-refractivity contribution >= 4 is 34.8 Å². The summed E-state index contributed by atoms with van der Waals surface area (Å²) in [6, 6.07) is 21.1. The zero-order valence-corrected chi connectivity index (χ0v) is 16.4. The number of carbonyl (C=O) groups excluding carboxylic acids is 2. The largest absolute Gasteiger partial charge is 0.273 e. The van der Waals surface area contributed by atoms with Crippen molar-refractivity contribution in [3.63, 3.8) is 0 Å². The van der Waals surface area contributed by atoms with Gasteiger partial charge in [0.2, 0.25) is 5.91 Å². The molecule has 2 saturated heterocycles. The van der Waals surface area contributed by atoms with Crippen molar-refractivity contribution in [3.8, 4) is 0 Å². The van der Waals surface area contributed by atoms with Crippen LogP contribution in [0.5, 0.6) is 0 Å². The van der Waals surface area contributed by atoms with Crippen LogP contribution in [-0.2, 0) is 14.4 Å². The lowest BCUT2D eigenvalue weighted by atomic mass is 9.90. The second-order valence-electron chi connectivity index (χ2n) is 7.17. The Hall–Kier alpha value is -3.22. The second-order valence-corrected chi connectivity index (χ2v) is 7.57. The van der Waals surface area contributed by atoms with Crippen LogP contribution in [0.1, 0.15) is 11.6 Å². The van der Waals surface area contributed by atoms with E-state index in [-0.39, 0.29) is 0 Å². The molecular formula is C23H16ClFN2O3. The summed E-state index contributed by atoms with van der Waals surface area (Å²) < 4.78 is 13.3. The van der Waals surface area contributed by atoms with Crippen LogP contribution in [0, 0.1) is 11.7 Å². The molecule has 0 spiro atoms. The lowest BCUT2D eigenvalue weighted by Gasteiger charge is -2.29. The number of fused-ring (bicyclic) bond motifs is 1. The molecule has 150 valence electrons. The van der Waals surface area contributed by atoms with E-state index in [4.69, 9.17) is 16.4 Å². The third-order valence-corrected chi connectivity index (χ3v) is 5.78. The van der Waals surface area contributed by atoms with E-state index in [1.54, 1.807) is 17.2 Å². The molecule has 30 heavy (non-hydrogen) atoms. The van der Waals surface area contributed by atoms with Gasteiger partial charge in [-0.1, -0.05) is 48.0 Å². The molecule has 0 aromatic heterocycles. The third kappa shape index (κ3) is 2.88. The number of carbonyl (C=O) groups is 2. The van der Waals surface area contributed by atoms with E-state index < -0.39 is 35.7 Å². The van der Waals surface area contributed by atoms with Crippen molar-refractivity contribution in [1.82, 2.24) is 0 Å². The predicted molar refractivity (Wildman–Crippen MR) is 110 cm³/mol. The van der Waals surface area contributed by atoms with E-state index in [1.807, 2.05) is 42.5 Å². The van der Waals surface area contributed by atoms with Crippen LogP contribution in [0.3, 0.4) is 0 Å². The van der Waals surface area contributed by atoms with E-state index in [2.05, 4.69) is 0 Å². The molecule has 2 amide bonds. The molecule has 0 unspecified atom stereocenters. The molecular weight excluding hydrogens is 407 g/mol. The number of imide groups is 1. The summed E-state index contributed by atoms with van der Waals surface area (Å²) in [7, 11) is 0. The first-order valence-electron chi connectivity index (χ1n) is 9.45. The number of nitrogens with zero attached hydrogens (tertiary/aromatic N) is 2. The summed E-state index contributed by atoms with van der Waals surface area (Å²) in [5.41, 5.74) is 1.72. The standard InChI is InChI=1S/C23H16ClFN2O3/c24-18-9-5-4-8-17(18)20-19-21(30-27(20)16-6-2-1-3-7-16)23(29)26(22(19)28)15-12-10-14(25)11-13-15/h1-13,19-21H/t19-,20-,21+/m0/s1. The van der Waals surface area contributed by atoms with E-state index in [1.165, 1.54) is 24.3 Å². The third-order valence-electron chi connectivity index (χ3n) is 5.43. The quantitative estimate of drug-likeness (QED) is 0.582.